The van der Waals surface area contributed by atoms with Gasteiger partial charge >= 0.3 is 0 Å². The van der Waals surface area contributed by atoms with Gasteiger partial charge in [-0.3, -0.25) is 9.78 Å². The average Bonchev–Trinajstić information content (AvgIpc) is 3.53. The lowest BCUT2D eigenvalue weighted by Gasteiger charge is -2.33. The highest BCUT2D eigenvalue weighted by Gasteiger charge is 2.47. The Morgan fingerprint density at radius 2 is 2.06 bits per heavy atom. The van der Waals surface area contributed by atoms with Crippen molar-refractivity contribution in [2.45, 2.75) is 43.5 Å². The smallest absolute Gasteiger partial charge is 0.252 e. The van der Waals surface area contributed by atoms with Gasteiger partial charge in [0.1, 0.15) is 11.5 Å². The van der Waals surface area contributed by atoms with E-state index in [-0.39, 0.29) is 11.6 Å². The first kappa shape index (κ1) is 21.0. The number of amides is 1. The number of aromatic nitrogens is 1. The van der Waals surface area contributed by atoms with Crippen molar-refractivity contribution in [1.82, 2.24) is 15.6 Å². The van der Waals surface area contributed by atoms with E-state index in [0.717, 1.165) is 69.6 Å². The van der Waals surface area contributed by atoms with Crippen molar-refractivity contribution in [3.05, 3.63) is 65.4 Å². The summed E-state index contributed by atoms with van der Waals surface area (Å²) in [7, 11) is 2.59. The van der Waals surface area contributed by atoms with E-state index in [2.05, 4.69) is 21.7 Å². The molecule has 1 amide bonds. The maximum absolute atomic E-state index is 13.4. The average molecular weight is 448 g/mol. The van der Waals surface area contributed by atoms with Crippen molar-refractivity contribution < 1.29 is 14.3 Å². The minimum atomic E-state index is -0.397. The van der Waals surface area contributed by atoms with Gasteiger partial charge < -0.3 is 20.1 Å². The predicted molar refractivity (Wildman–Crippen MR) is 129 cm³/mol. The molecule has 1 aliphatic carbocycles. The number of carbonyl (C=O) groups excluding carboxylic acids is 1. The number of ether oxygens (including phenoxy) is 2. The molecule has 0 spiro atoms. The zero-order chi connectivity index (χ0) is 22.3. The summed E-state index contributed by atoms with van der Waals surface area (Å²) in [4.78, 5) is 17.9. The molecule has 6 nitrogen and oxygen atoms in total. The first-order chi connectivity index (χ1) is 15.5. The molecule has 0 bridgehead atoms. The Balaban J connectivity index is 1.42. The monoisotopic (exact) mass is 447 g/mol. The van der Waals surface area contributed by atoms with Gasteiger partial charge in [0.05, 0.1) is 34.1 Å². The number of nitrogens with zero attached hydrogens (tertiary/aromatic N) is 1. The molecule has 2 aromatic carbocycles. The number of pyridine rings is 1. The summed E-state index contributed by atoms with van der Waals surface area (Å²) in [5, 5.41) is 7.79. The minimum Gasteiger partial charge on any atom is -0.497 e. The van der Waals surface area contributed by atoms with Gasteiger partial charge in [0.25, 0.3) is 5.91 Å². The third-order valence-electron chi connectivity index (χ3n) is 6.75. The van der Waals surface area contributed by atoms with Crippen LogP contribution in [0.3, 0.4) is 0 Å². The Bertz CT molecular complexity index is 1170. The Morgan fingerprint density at radius 3 is 2.75 bits per heavy atom. The van der Waals surface area contributed by atoms with Crippen LogP contribution in [-0.2, 0) is 5.54 Å². The van der Waals surface area contributed by atoms with Crippen LogP contribution in [0.5, 0.6) is 11.5 Å². The zero-order valence-corrected chi connectivity index (χ0v) is 20.8. The maximum Gasteiger partial charge on any atom is 0.252 e. The Kier molecular flexibility index (Phi) is 5.39. The second-order valence-electron chi connectivity index (χ2n) is 8.93. The topological polar surface area (TPSA) is 72.5 Å². The Labute approximate surface area is 191 Å². The minimum absolute atomic E-state index is 0.0722. The van der Waals surface area contributed by atoms with E-state index in [1.54, 1.807) is 13.3 Å². The van der Waals surface area contributed by atoms with Gasteiger partial charge in [-0.05, 0) is 68.1 Å². The quantitative estimate of drug-likeness (QED) is 0.544. The largest absolute Gasteiger partial charge is 0.497 e. The molecule has 5 rings (SSSR count). The maximum atomic E-state index is 13.4. The van der Waals surface area contributed by atoms with Gasteiger partial charge in [-0.2, -0.15) is 0 Å². The predicted octanol–water partition coefficient (Wildman–Crippen LogP) is 2.40. The fraction of sp³-hybridized carbons (Fsp3) is 0.360. The molecule has 0 radical (unpaired) electrons. The van der Waals surface area contributed by atoms with E-state index in [1.807, 2.05) is 43.3 Å². The van der Waals surface area contributed by atoms with Crippen molar-refractivity contribution in [1.29, 1.82) is 0 Å². The summed E-state index contributed by atoms with van der Waals surface area (Å²) in [6.07, 6.45) is 4.71. The number of carbonyl (C=O) groups is 1. The lowest BCUT2D eigenvalue weighted by Crippen LogP contribution is -2.53. The first-order valence-electron chi connectivity index (χ1n) is 11.3. The van der Waals surface area contributed by atoms with Crippen molar-refractivity contribution >= 4 is 27.1 Å². The van der Waals surface area contributed by atoms with Crippen LogP contribution in [0.2, 0.25) is 0 Å². The molecule has 1 unspecified atom stereocenters. The number of fused-ring (bicyclic) bond motifs is 1. The number of nitrogens with one attached hydrogen (secondary N) is 2. The number of hydrogen-bond donors (Lipinski definition) is 2. The molecule has 166 valence electrons. The lowest BCUT2D eigenvalue weighted by molar-refractivity contribution is 0.0929. The van der Waals surface area contributed by atoms with Crippen LogP contribution in [0.1, 0.15) is 40.7 Å². The van der Waals surface area contributed by atoms with E-state index < -0.39 is 5.54 Å². The molecule has 3 aromatic rings. The fourth-order valence-corrected chi connectivity index (χ4v) is 5.31. The van der Waals surface area contributed by atoms with E-state index >= 15 is 0 Å². The van der Waals surface area contributed by atoms with Gasteiger partial charge in [-0.15, -0.1) is 0 Å². The molecule has 2 N–H and O–H groups in total. The third kappa shape index (κ3) is 3.87. The molecule has 2 heterocycles. The summed E-state index contributed by atoms with van der Waals surface area (Å²) < 4.78 is 11.7. The van der Waals surface area contributed by atoms with Gasteiger partial charge in [-0.1, -0.05) is 12.1 Å². The SMILES string of the molecule is COc1cc(C2(NC(=O)c3cc(OC([SiH3])[C@@H]4CCN4)ccc3C)CC2)c2cccnc2c1. The Hall–Kier alpha value is -2.90. The molecule has 2 aliphatic rings. The molecule has 32 heavy (non-hydrogen) atoms. The summed E-state index contributed by atoms with van der Waals surface area (Å²) in [5.74, 6) is 1.44. The van der Waals surface area contributed by atoms with Gasteiger partial charge in [0, 0.05) is 29.3 Å². The number of hydrogen-bond acceptors (Lipinski definition) is 5. The molecule has 1 saturated heterocycles. The normalized spacial score (nSPS) is 19.8. The summed E-state index contributed by atoms with van der Waals surface area (Å²) >= 11 is 0. The first-order valence-corrected chi connectivity index (χ1v) is 12.4. The van der Waals surface area contributed by atoms with Crippen LogP contribution >= 0.6 is 0 Å². The number of methoxy groups -OCH3 is 1. The second-order valence-corrected chi connectivity index (χ2v) is 10.1. The van der Waals surface area contributed by atoms with E-state index in [1.165, 1.54) is 0 Å². The van der Waals surface area contributed by atoms with Crippen molar-refractivity contribution in [3.8, 4) is 11.5 Å². The zero-order valence-electron chi connectivity index (χ0n) is 18.8. The molecular weight excluding hydrogens is 418 g/mol. The Morgan fingerprint density at radius 1 is 1.25 bits per heavy atom. The van der Waals surface area contributed by atoms with Crippen LogP contribution < -0.4 is 20.1 Å². The van der Waals surface area contributed by atoms with E-state index in [9.17, 15) is 4.79 Å². The van der Waals surface area contributed by atoms with Gasteiger partial charge in [-0.25, -0.2) is 0 Å². The number of rotatable bonds is 7. The lowest BCUT2D eigenvalue weighted by atomic mass is 9.97. The van der Waals surface area contributed by atoms with E-state index in [0.29, 0.717) is 11.6 Å². The fourth-order valence-electron chi connectivity index (χ4n) is 4.47. The third-order valence-corrected chi connectivity index (χ3v) is 7.79. The van der Waals surface area contributed by atoms with Crippen molar-refractivity contribution in [2.75, 3.05) is 13.7 Å². The summed E-state index contributed by atoms with van der Waals surface area (Å²) in [5.41, 5.74) is 3.34. The van der Waals surface area contributed by atoms with E-state index in [4.69, 9.17) is 9.47 Å². The van der Waals surface area contributed by atoms with Crippen LogP contribution in [0.4, 0.5) is 0 Å². The van der Waals surface area contributed by atoms with Crippen LogP contribution in [0.15, 0.2) is 48.7 Å². The molecule has 1 saturated carbocycles. The number of benzene rings is 2. The van der Waals surface area contributed by atoms with Crippen LogP contribution in [0, 0.1) is 6.92 Å². The summed E-state index contributed by atoms with van der Waals surface area (Å²) in [6, 6.07) is 14.2. The van der Waals surface area contributed by atoms with Gasteiger partial charge in [0.15, 0.2) is 0 Å². The standard InChI is InChI=1S/C25H29N3O3Si/c1-15-5-6-16(31-24(32)21-7-11-27-21)12-19(15)23(29)28-25(8-9-25)20-13-17(30-2)14-22-18(20)4-3-10-26-22/h3-6,10,12-14,21,24,27H,7-9,11H2,1-2,32H3,(H,28,29)/t21-,24?/m0/s1. The number of aryl methyl sites for hydroxylation is 1. The van der Waals surface area contributed by atoms with Crippen molar-refractivity contribution in [2.24, 2.45) is 0 Å². The van der Waals surface area contributed by atoms with Crippen molar-refractivity contribution in [3.63, 3.8) is 0 Å². The molecule has 2 fully saturated rings. The molecule has 2 atom stereocenters. The van der Waals surface area contributed by atoms with Gasteiger partial charge in [0.2, 0.25) is 0 Å². The second kappa shape index (κ2) is 8.22. The van der Waals surface area contributed by atoms with Crippen LogP contribution in [0.25, 0.3) is 10.9 Å². The molecular formula is C25H29N3O3Si. The molecule has 1 aromatic heterocycles. The highest BCUT2D eigenvalue weighted by Crippen LogP contribution is 2.49. The van der Waals surface area contributed by atoms with Crippen LogP contribution in [-0.4, -0.2) is 46.6 Å². The highest BCUT2D eigenvalue weighted by atomic mass is 28.1. The summed E-state index contributed by atoms with van der Waals surface area (Å²) in [6.45, 7) is 3.03. The highest BCUT2D eigenvalue weighted by molar-refractivity contribution is 6.11. The molecule has 1 aliphatic heterocycles. The molecule has 7 heteroatoms.